The van der Waals surface area contributed by atoms with E-state index in [-0.39, 0.29) is 0 Å². The van der Waals surface area contributed by atoms with Crippen molar-refractivity contribution in [2.24, 2.45) is 0 Å². The number of rotatable bonds is 4. The van der Waals surface area contributed by atoms with Crippen LogP contribution in [-0.2, 0) is 16.6 Å². The summed E-state index contributed by atoms with van der Waals surface area (Å²) in [6.07, 6.45) is 0.412. The molecule has 0 saturated carbocycles. The highest BCUT2D eigenvalue weighted by molar-refractivity contribution is 5.81. The quantitative estimate of drug-likeness (QED) is 0.923. The summed E-state index contributed by atoms with van der Waals surface area (Å²) in [7, 11) is 0. The molecule has 2 aromatic carbocycles. The van der Waals surface area contributed by atoms with Gasteiger partial charge in [-0.3, -0.25) is 4.79 Å². The van der Waals surface area contributed by atoms with Crippen molar-refractivity contribution < 1.29 is 9.90 Å². The fourth-order valence-electron chi connectivity index (χ4n) is 2.22. The van der Waals surface area contributed by atoms with E-state index in [0.29, 0.717) is 17.5 Å². The molecule has 0 saturated heterocycles. The standard InChI is InChI=1S/C17H15NO2/c1-17(16(19)20,11-13-5-3-2-4-6-13)15-9-7-14(12-18)8-10-15/h2-10H,11H2,1H3,(H,19,20). The van der Waals surface area contributed by atoms with E-state index < -0.39 is 11.4 Å². The first-order valence-corrected chi connectivity index (χ1v) is 6.34. The second-order valence-corrected chi connectivity index (χ2v) is 4.99. The van der Waals surface area contributed by atoms with Crippen LogP contribution in [0.1, 0.15) is 23.6 Å². The molecule has 0 aromatic heterocycles. The maximum atomic E-state index is 11.7. The molecule has 0 aliphatic carbocycles. The lowest BCUT2D eigenvalue weighted by Crippen LogP contribution is -2.34. The van der Waals surface area contributed by atoms with Crippen molar-refractivity contribution in [1.29, 1.82) is 5.26 Å². The number of nitriles is 1. The Morgan fingerprint density at radius 2 is 1.75 bits per heavy atom. The molecule has 100 valence electrons. The summed E-state index contributed by atoms with van der Waals surface area (Å²) >= 11 is 0. The predicted octanol–water partition coefficient (Wildman–Crippen LogP) is 3.14. The van der Waals surface area contributed by atoms with Gasteiger partial charge in [0.1, 0.15) is 0 Å². The monoisotopic (exact) mass is 265 g/mol. The van der Waals surface area contributed by atoms with Crippen LogP contribution in [0.2, 0.25) is 0 Å². The topological polar surface area (TPSA) is 61.1 Å². The van der Waals surface area contributed by atoms with Gasteiger partial charge in [0.05, 0.1) is 17.0 Å². The minimum atomic E-state index is -1.00. The minimum absolute atomic E-state index is 0.412. The van der Waals surface area contributed by atoms with E-state index in [1.54, 1.807) is 31.2 Å². The van der Waals surface area contributed by atoms with Gasteiger partial charge in [-0.25, -0.2) is 0 Å². The zero-order valence-electron chi connectivity index (χ0n) is 11.2. The summed E-state index contributed by atoms with van der Waals surface area (Å²) in [5.41, 5.74) is 1.20. The molecule has 0 aliphatic rings. The van der Waals surface area contributed by atoms with Crippen LogP contribution in [0.3, 0.4) is 0 Å². The van der Waals surface area contributed by atoms with Crippen molar-refractivity contribution in [2.45, 2.75) is 18.8 Å². The van der Waals surface area contributed by atoms with Gasteiger partial charge in [-0.1, -0.05) is 42.5 Å². The van der Waals surface area contributed by atoms with Gasteiger partial charge in [0.25, 0.3) is 0 Å². The Bertz CT molecular complexity index is 641. The average molecular weight is 265 g/mol. The number of carboxylic acids is 1. The largest absolute Gasteiger partial charge is 0.481 e. The molecule has 0 heterocycles. The van der Waals surface area contributed by atoms with E-state index >= 15 is 0 Å². The smallest absolute Gasteiger partial charge is 0.314 e. The fourth-order valence-corrected chi connectivity index (χ4v) is 2.22. The molecule has 3 nitrogen and oxygen atoms in total. The van der Waals surface area contributed by atoms with E-state index in [1.807, 2.05) is 36.4 Å². The Hall–Kier alpha value is -2.60. The van der Waals surface area contributed by atoms with Gasteiger partial charge < -0.3 is 5.11 Å². The molecule has 0 spiro atoms. The highest BCUT2D eigenvalue weighted by Crippen LogP contribution is 2.29. The van der Waals surface area contributed by atoms with Crippen LogP contribution in [-0.4, -0.2) is 11.1 Å². The molecule has 0 aliphatic heterocycles. The lowest BCUT2D eigenvalue weighted by atomic mass is 9.77. The highest BCUT2D eigenvalue weighted by atomic mass is 16.4. The Kier molecular flexibility index (Phi) is 3.86. The zero-order valence-corrected chi connectivity index (χ0v) is 11.2. The number of hydrogen-bond acceptors (Lipinski definition) is 2. The molecule has 1 unspecified atom stereocenters. The average Bonchev–Trinajstić information content (AvgIpc) is 2.48. The minimum Gasteiger partial charge on any atom is -0.481 e. The van der Waals surface area contributed by atoms with Crippen molar-refractivity contribution in [3.8, 4) is 6.07 Å². The second-order valence-electron chi connectivity index (χ2n) is 4.99. The lowest BCUT2D eigenvalue weighted by molar-refractivity contribution is -0.143. The number of aliphatic carboxylic acids is 1. The number of carbonyl (C=O) groups is 1. The van der Waals surface area contributed by atoms with Crippen molar-refractivity contribution >= 4 is 5.97 Å². The lowest BCUT2D eigenvalue weighted by Gasteiger charge is -2.25. The summed E-state index contributed by atoms with van der Waals surface area (Å²) in [4.78, 5) is 11.7. The number of benzene rings is 2. The van der Waals surface area contributed by atoms with Crippen LogP contribution < -0.4 is 0 Å². The van der Waals surface area contributed by atoms with Gasteiger partial charge in [0.15, 0.2) is 0 Å². The number of hydrogen-bond donors (Lipinski definition) is 1. The summed E-state index contributed by atoms with van der Waals surface area (Å²) in [6, 6.07) is 18.3. The Morgan fingerprint density at radius 1 is 1.15 bits per heavy atom. The van der Waals surface area contributed by atoms with E-state index in [4.69, 9.17) is 5.26 Å². The first-order valence-electron chi connectivity index (χ1n) is 6.34. The molecule has 2 aromatic rings. The molecule has 0 radical (unpaired) electrons. The van der Waals surface area contributed by atoms with Gasteiger partial charge in [0, 0.05) is 0 Å². The highest BCUT2D eigenvalue weighted by Gasteiger charge is 2.35. The van der Waals surface area contributed by atoms with Crippen molar-refractivity contribution in [3.05, 3.63) is 71.3 Å². The first-order chi connectivity index (χ1) is 9.56. The van der Waals surface area contributed by atoms with Crippen LogP contribution in [0, 0.1) is 11.3 Å². The van der Waals surface area contributed by atoms with Crippen molar-refractivity contribution in [2.75, 3.05) is 0 Å². The predicted molar refractivity (Wildman–Crippen MR) is 76.3 cm³/mol. The van der Waals surface area contributed by atoms with Crippen LogP contribution in [0.25, 0.3) is 0 Å². The first kappa shape index (κ1) is 13.8. The molecule has 0 bridgehead atoms. The van der Waals surface area contributed by atoms with Crippen LogP contribution >= 0.6 is 0 Å². The third kappa shape index (κ3) is 2.70. The second kappa shape index (κ2) is 5.58. The van der Waals surface area contributed by atoms with Crippen LogP contribution in [0.5, 0.6) is 0 Å². The van der Waals surface area contributed by atoms with Gasteiger partial charge in [0.2, 0.25) is 0 Å². The van der Waals surface area contributed by atoms with Crippen LogP contribution in [0.4, 0.5) is 0 Å². The molecule has 20 heavy (non-hydrogen) atoms. The third-order valence-corrected chi connectivity index (χ3v) is 3.52. The Morgan fingerprint density at radius 3 is 2.25 bits per heavy atom. The normalized spacial score (nSPS) is 13.2. The van der Waals surface area contributed by atoms with Gasteiger partial charge >= 0.3 is 5.97 Å². The van der Waals surface area contributed by atoms with Gasteiger partial charge in [-0.15, -0.1) is 0 Å². The Labute approximate surface area is 118 Å². The molecular weight excluding hydrogens is 250 g/mol. The summed E-state index contributed by atoms with van der Waals surface area (Å²) in [6.45, 7) is 1.71. The molecule has 0 amide bonds. The van der Waals surface area contributed by atoms with E-state index in [2.05, 4.69) is 0 Å². The molecule has 1 atom stereocenters. The van der Waals surface area contributed by atoms with Crippen molar-refractivity contribution in [3.63, 3.8) is 0 Å². The van der Waals surface area contributed by atoms with Crippen molar-refractivity contribution in [1.82, 2.24) is 0 Å². The van der Waals surface area contributed by atoms with E-state index in [0.717, 1.165) is 5.56 Å². The molecule has 0 fully saturated rings. The summed E-state index contributed by atoms with van der Waals surface area (Å²) in [5, 5.41) is 18.4. The van der Waals surface area contributed by atoms with E-state index in [1.165, 1.54) is 0 Å². The number of carboxylic acid groups (broad SMARTS) is 1. The van der Waals surface area contributed by atoms with Gasteiger partial charge in [-0.2, -0.15) is 5.26 Å². The zero-order chi connectivity index (χ0) is 14.6. The number of nitrogens with zero attached hydrogens (tertiary/aromatic N) is 1. The molecular formula is C17H15NO2. The third-order valence-electron chi connectivity index (χ3n) is 3.52. The van der Waals surface area contributed by atoms with Gasteiger partial charge in [-0.05, 0) is 36.6 Å². The summed E-state index contributed by atoms with van der Waals surface area (Å²) < 4.78 is 0. The SMILES string of the molecule is CC(Cc1ccccc1)(C(=O)O)c1ccc(C#N)cc1. The molecule has 1 N–H and O–H groups in total. The van der Waals surface area contributed by atoms with E-state index in [9.17, 15) is 9.90 Å². The maximum absolute atomic E-state index is 11.7. The maximum Gasteiger partial charge on any atom is 0.314 e. The summed E-state index contributed by atoms with van der Waals surface area (Å²) in [5.74, 6) is -0.869. The van der Waals surface area contributed by atoms with Crippen LogP contribution in [0.15, 0.2) is 54.6 Å². The molecule has 2 rings (SSSR count). The fraction of sp³-hybridized carbons (Fsp3) is 0.176. The Balaban J connectivity index is 2.38. The molecule has 3 heteroatoms.